The zero-order chi connectivity index (χ0) is 16.6. The molecule has 2 N–H and O–H groups in total. The molecule has 3 rings (SSSR count). The minimum absolute atomic E-state index is 0. The molecule has 2 aliphatic rings. The first-order valence-electron chi connectivity index (χ1n) is 7.96. The summed E-state index contributed by atoms with van der Waals surface area (Å²) in [5.74, 6) is -0.0295. The van der Waals surface area contributed by atoms with Crippen LogP contribution in [0.15, 0.2) is 18.2 Å². The normalized spacial score (nSPS) is 20.9. The third kappa shape index (κ3) is 3.68. The molecule has 0 bridgehead atoms. The number of carbonyl (C=O) groups excluding carboxylic acids is 2. The summed E-state index contributed by atoms with van der Waals surface area (Å²) in [6, 6.07) is 5.05. The number of hydrogen-bond acceptors (Lipinski definition) is 3. The predicted molar refractivity (Wildman–Crippen MR) is 98.0 cm³/mol. The molecular weight excluding hydrogens is 349 g/mol. The maximum Gasteiger partial charge on any atom is 0.254 e. The second kappa shape index (κ2) is 7.30. The van der Waals surface area contributed by atoms with Crippen molar-refractivity contribution < 1.29 is 9.59 Å². The zero-order valence-corrected chi connectivity index (χ0v) is 15.5. The molecule has 1 saturated carbocycles. The van der Waals surface area contributed by atoms with Gasteiger partial charge in [0.15, 0.2) is 0 Å². The Labute approximate surface area is 153 Å². The molecule has 1 aromatic carbocycles. The Morgan fingerprint density at radius 3 is 2.58 bits per heavy atom. The van der Waals surface area contributed by atoms with Crippen molar-refractivity contribution in [2.45, 2.75) is 19.3 Å². The van der Waals surface area contributed by atoms with Gasteiger partial charge in [0.05, 0.1) is 10.6 Å². The summed E-state index contributed by atoms with van der Waals surface area (Å²) in [6.07, 6.45) is 3.10. The Bertz CT molecular complexity index is 643. The molecule has 0 aromatic heterocycles. The van der Waals surface area contributed by atoms with E-state index in [1.165, 1.54) is 4.90 Å². The van der Waals surface area contributed by atoms with Gasteiger partial charge in [0.25, 0.3) is 5.91 Å². The van der Waals surface area contributed by atoms with Crippen LogP contribution in [0, 0.1) is 11.3 Å². The van der Waals surface area contributed by atoms with Crippen molar-refractivity contribution in [3.05, 3.63) is 28.8 Å². The molecule has 1 aliphatic heterocycles. The number of amides is 2. The van der Waals surface area contributed by atoms with Crippen LogP contribution in [0.4, 0.5) is 5.69 Å². The molecule has 2 fully saturated rings. The highest BCUT2D eigenvalue weighted by atomic mass is 35.5. The summed E-state index contributed by atoms with van der Waals surface area (Å²) < 4.78 is 0. The van der Waals surface area contributed by atoms with Crippen LogP contribution in [0.1, 0.15) is 29.6 Å². The van der Waals surface area contributed by atoms with Gasteiger partial charge in [0.1, 0.15) is 0 Å². The third-order valence-corrected chi connectivity index (χ3v) is 5.31. The highest BCUT2D eigenvalue weighted by Gasteiger charge is 2.57. The van der Waals surface area contributed by atoms with Crippen LogP contribution >= 0.6 is 24.0 Å². The molecular formula is C17H23Cl2N3O2. The van der Waals surface area contributed by atoms with E-state index < -0.39 is 0 Å². The lowest BCUT2D eigenvalue weighted by Gasteiger charge is -2.23. The second-order valence-corrected chi connectivity index (χ2v) is 7.16. The van der Waals surface area contributed by atoms with E-state index in [9.17, 15) is 9.59 Å². The zero-order valence-electron chi connectivity index (χ0n) is 13.9. The molecule has 2 amide bonds. The SMILES string of the molecule is CN(C)C(=O)c1cc(NC(=O)C2CC23CCNCC3)ccc1Cl.Cl. The Morgan fingerprint density at radius 2 is 1.96 bits per heavy atom. The van der Waals surface area contributed by atoms with Gasteiger partial charge in [-0.3, -0.25) is 9.59 Å². The maximum atomic E-state index is 12.5. The summed E-state index contributed by atoms with van der Waals surface area (Å²) in [4.78, 5) is 26.1. The van der Waals surface area contributed by atoms with Crippen molar-refractivity contribution in [2.24, 2.45) is 11.3 Å². The van der Waals surface area contributed by atoms with Crippen LogP contribution in [0.3, 0.4) is 0 Å². The van der Waals surface area contributed by atoms with Crippen LogP contribution in [-0.4, -0.2) is 43.9 Å². The van der Waals surface area contributed by atoms with Gasteiger partial charge in [0.2, 0.25) is 5.91 Å². The van der Waals surface area contributed by atoms with Crippen molar-refractivity contribution >= 4 is 41.5 Å². The van der Waals surface area contributed by atoms with E-state index in [1.54, 1.807) is 32.3 Å². The summed E-state index contributed by atoms with van der Waals surface area (Å²) >= 11 is 6.10. The van der Waals surface area contributed by atoms with Crippen molar-refractivity contribution in [1.82, 2.24) is 10.2 Å². The number of nitrogens with zero attached hydrogens (tertiary/aromatic N) is 1. The van der Waals surface area contributed by atoms with Crippen molar-refractivity contribution in [1.29, 1.82) is 0 Å². The molecule has 1 aliphatic carbocycles. The number of piperidine rings is 1. The average Bonchev–Trinajstić information content (AvgIpc) is 3.22. The van der Waals surface area contributed by atoms with Crippen molar-refractivity contribution in [3.63, 3.8) is 0 Å². The number of nitrogens with one attached hydrogen (secondary N) is 2. The minimum atomic E-state index is -0.174. The predicted octanol–water partition coefficient (Wildman–Crippen LogP) is 2.79. The van der Waals surface area contributed by atoms with Crippen LogP contribution in [0.5, 0.6) is 0 Å². The lowest BCUT2D eigenvalue weighted by atomic mass is 9.92. The van der Waals surface area contributed by atoms with Crippen molar-refractivity contribution in [3.8, 4) is 0 Å². The van der Waals surface area contributed by atoms with E-state index in [-0.39, 0.29) is 35.6 Å². The van der Waals surface area contributed by atoms with Crippen LogP contribution < -0.4 is 10.6 Å². The van der Waals surface area contributed by atoms with Gasteiger partial charge >= 0.3 is 0 Å². The quantitative estimate of drug-likeness (QED) is 0.858. The Balaban J connectivity index is 0.00000208. The Hall–Kier alpha value is -1.30. The fourth-order valence-corrected chi connectivity index (χ4v) is 3.63. The topological polar surface area (TPSA) is 61.4 Å². The molecule has 1 saturated heterocycles. The first-order chi connectivity index (χ1) is 10.9. The van der Waals surface area contributed by atoms with Crippen LogP contribution in [0.2, 0.25) is 5.02 Å². The minimum Gasteiger partial charge on any atom is -0.345 e. The fraction of sp³-hybridized carbons (Fsp3) is 0.529. The largest absolute Gasteiger partial charge is 0.345 e. The van der Waals surface area contributed by atoms with E-state index in [4.69, 9.17) is 11.6 Å². The van der Waals surface area contributed by atoms with Gasteiger partial charge in [-0.15, -0.1) is 12.4 Å². The van der Waals surface area contributed by atoms with E-state index in [0.29, 0.717) is 16.3 Å². The summed E-state index contributed by atoms with van der Waals surface area (Å²) in [7, 11) is 3.35. The number of benzene rings is 1. The summed E-state index contributed by atoms with van der Waals surface area (Å²) in [6.45, 7) is 1.98. The van der Waals surface area contributed by atoms with Gasteiger partial charge in [-0.25, -0.2) is 0 Å². The molecule has 7 heteroatoms. The molecule has 1 unspecified atom stereocenters. The van der Waals surface area contributed by atoms with Crippen molar-refractivity contribution in [2.75, 3.05) is 32.5 Å². The fourth-order valence-electron chi connectivity index (χ4n) is 3.43. The average molecular weight is 372 g/mol. The molecule has 1 heterocycles. The Kier molecular flexibility index (Phi) is 5.78. The van der Waals surface area contributed by atoms with Gasteiger partial charge < -0.3 is 15.5 Å². The molecule has 5 nitrogen and oxygen atoms in total. The smallest absolute Gasteiger partial charge is 0.254 e. The third-order valence-electron chi connectivity index (χ3n) is 4.98. The van der Waals surface area contributed by atoms with Crippen LogP contribution in [0.25, 0.3) is 0 Å². The van der Waals surface area contributed by atoms with Gasteiger partial charge in [-0.05, 0) is 56.0 Å². The van der Waals surface area contributed by atoms with Gasteiger partial charge in [-0.1, -0.05) is 11.6 Å². The molecule has 0 radical (unpaired) electrons. The Morgan fingerprint density at radius 1 is 1.29 bits per heavy atom. The maximum absolute atomic E-state index is 12.5. The first kappa shape index (κ1) is 19.0. The second-order valence-electron chi connectivity index (χ2n) is 6.75. The number of halogens is 2. The van der Waals surface area contributed by atoms with E-state index >= 15 is 0 Å². The highest BCUT2D eigenvalue weighted by molar-refractivity contribution is 6.34. The first-order valence-corrected chi connectivity index (χ1v) is 8.33. The lowest BCUT2D eigenvalue weighted by molar-refractivity contribution is -0.118. The monoisotopic (exact) mass is 371 g/mol. The summed E-state index contributed by atoms with van der Waals surface area (Å²) in [5, 5.41) is 6.68. The number of rotatable bonds is 3. The lowest BCUT2D eigenvalue weighted by Crippen LogP contribution is -2.31. The van der Waals surface area contributed by atoms with E-state index in [2.05, 4.69) is 10.6 Å². The highest BCUT2D eigenvalue weighted by Crippen LogP contribution is 2.58. The molecule has 1 aromatic rings. The molecule has 1 atom stereocenters. The van der Waals surface area contributed by atoms with Crippen LogP contribution in [-0.2, 0) is 4.79 Å². The van der Waals surface area contributed by atoms with E-state index in [0.717, 1.165) is 32.4 Å². The standard InChI is InChI=1S/C17H22ClN3O2.ClH/c1-21(2)16(23)12-9-11(3-4-14(12)18)20-15(22)13-10-17(13)5-7-19-8-6-17;/h3-4,9,13,19H,5-8,10H2,1-2H3,(H,20,22);1H. The van der Waals surface area contributed by atoms with E-state index in [1.807, 2.05) is 0 Å². The molecule has 132 valence electrons. The van der Waals surface area contributed by atoms with Gasteiger partial charge in [-0.2, -0.15) is 0 Å². The number of hydrogen-bond donors (Lipinski definition) is 2. The van der Waals surface area contributed by atoms with Gasteiger partial charge in [0, 0.05) is 25.7 Å². The molecule has 1 spiro atoms. The number of carbonyl (C=O) groups is 2. The number of anilines is 1. The summed E-state index contributed by atoms with van der Waals surface area (Å²) in [5.41, 5.74) is 1.23. The molecule has 24 heavy (non-hydrogen) atoms.